The molecule has 2 rings (SSSR count). The average Bonchev–Trinajstić information content (AvgIpc) is 2.85. The van der Waals surface area contributed by atoms with E-state index in [9.17, 15) is 4.79 Å². The van der Waals surface area contributed by atoms with Gasteiger partial charge in [-0.25, -0.2) is 4.68 Å². The number of nitrogens with one attached hydrogen (secondary N) is 1. The van der Waals surface area contributed by atoms with Crippen LogP contribution in [0.3, 0.4) is 0 Å². The zero-order valence-electron chi connectivity index (χ0n) is 9.80. The number of benzene rings is 1. The van der Waals surface area contributed by atoms with Crippen LogP contribution in [0.5, 0.6) is 0 Å². The zero-order valence-corrected chi connectivity index (χ0v) is 10.6. The van der Waals surface area contributed by atoms with Crippen LogP contribution in [0.1, 0.15) is 12.0 Å². The molecule has 0 aliphatic carbocycles. The second kappa shape index (κ2) is 5.59. The highest BCUT2D eigenvalue weighted by atomic mass is 35.5. The number of nitrogens with zero attached hydrogens (tertiary/aromatic N) is 4. The van der Waals surface area contributed by atoms with Crippen LogP contribution in [0.4, 0.5) is 5.69 Å². The van der Waals surface area contributed by atoms with Crippen molar-refractivity contribution in [3.63, 3.8) is 0 Å². The number of aromatic nitrogens is 4. The maximum Gasteiger partial charge on any atom is 0.225 e. The average molecular weight is 266 g/mol. The van der Waals surface area contributed by atoms with Crippen molar-refractivity contribution in [2.75, 3.05) is 11.2 Å². The van der Waals surface area contributed by atoms with Crippen LogP contribution in [0.2, 0.25) is 0 Å². The fraction of sp³-hybridized carbons (Fsp3) is 0.273. The molecule has 6 nitrogen and oxygen atoms in total. The maximum atomic E-state index is 11.5. The highest BCUT2D eigenvalue weighted by Crippen LogP contribution is 2.18. The van der Waals surface area contributed by atoms with Crippen molar-refractivity contribution in [2.24, 2.45) is 0 Å². The molecule has 0 spiro atoms. The van der Waals surface area contributed by atoms with Crippen molar-refractivity contribution in [3.8, 4) is 5.69 Å². The van der Waals surface area contributed by atoms with Crippen molar-refractivity contribution in [1.82, 2.24) is 20.2 Å². The third-order valence-electron chi connectivity index (χ3n) is 2.41. The molecular formula is C11H12ClN5O. The summed E-state index contributed by atoms with van der Waals surface area (Å²) in [6, 6.07) is 5.54. The Morgan fingerprint density at radius 2 is 2.33 bits per heavy atom. The lowest BCUT2D eigenvalue weighted by molar-refractivity contribution is -0.115. The first-order chi connectivity index (χ1) is 8.70. The lowest BCUT2D eigenvalue weighted by atomic mass is 10.2. The van der Waals surface area contributed by atoms with Crippen LogP contribution in [0.25, 0.3) is 5.69 Å². The number of anilines is 1. The Kier molecular flexibility index (Phi) is 3.88. The van der Waals surface area contributed by atoms with Gasteiger partial charge in [0.05, 0.1) is 5.69 Å². The topological polar surface area (TPSA) is 72.7 Å². The summed E-state index contributed by atoms with van der Waals surface area (Å²) >= 11 is 5.51. The summed E-state index contributed by atoms with van der Waals surface area (Å²) < 4.78 is 1.55. The first-order valence-electron chi connectivity index (χ1n) is 5.40. The molecule has 1 amide bonds. The zero-order chi connectivity index (χ0) is 13.0. The van der Waals surface area contributed by atoms with E-state index >= 15 is 0 Å². The van der Waals surface area contributed by atoms with E-state index in [4.69, 9.17) is 11.6 Å². The van der Waals surface area contributed by atoms with Crippen molar-refractivity contribution in [3.05, 3.63) is 30.1 Å². The van der Waals surface area contributed by atoms with Gasteiger partial charge in [0, 0.05) is 18.0 Å². The van der Waals surface area contributed by atoms with Crippen LogP contribution in [0, 0.1) is 6.92 Å². The van der Waals surface area contributed by atoms with E-state index in [1.54, 1.807) is 4.68 Å². The van der Waals surface area contributed by atoms with Gasteiger partial charge in [0.2, 0.25) is 5.91 Å². The summed E-state index contributed by atoms with van der Waals surface area (Å²) in [4.78, 5) is 11.5. The van der Waals surface area contributed by atoms with E-state index in [1.807, 2.05) is 25.1 Å². The lowest BCUT2D eigenvalue weighted by Crippen LogP contribution is -2.12. The number of halogens is 1. The van der Waals surface area contributed by atoms with Gasteiger partial charge in [0.1, 0.15) is 6.33 Å². The molecule has 0 fully saturated rings. The van der Waals surface area contributed by atoms with Gasteiger partial charge in [-0.1, -0.05) is 6.07 Å². The molecule has 0 unspecified atom stereocenters. The largest absolute Gasteiger partial charge is 0.326 e. The molecule has 2 aromatic rings. The lowest BCUT2D eigenvalue weighted by Gasteiger charge is -2.08. The predicted octanol–water partition coefficient (Wildman–Crippen LogP) is 1.54. The van der Waals surface area contributed by atoms with Crippen LogP contribution in [-0.2, 0) is 4.79 Å². The van der Waals surface area contributed by atoms with E-state index < -0.39 is 0 Å². The molecule has 1 aromatic heterocycles. The molecule has 0 aliphatic rings. The monoisotopic (exact) mass is 265 g/mol. The molecule has 0 saturated heterocycles. The molecule has 94 valence electrons. The first kappa shape index (κ1) is 12.5. The Labute approximate surface area is 109 Å². The van der Waals surface area contributed by atoms with Gasteiger partial charge in [-0.05, 0) is 35.0 Å². The maximum absolute atomic E-state index is 11.5. The molecule has 1 N–H and O–H groups in total. The minimum atomic E-state index is -0.114. The highest BCUT2D eigenvalue weighted by Gasteiger charge is 2.06. The van der Waals surface area contributed by atoms with Gasteiger partial charge in [-0.15, -0.1) is 16.7 Å². The Bertz CT molecular complexity index is 540. The Hall–Kier alpha value is -1.95. The van der Waals surface area contributed by atoms with E-state index in [-0.39, 0.29) is 12.3 Å². The van der Waals surface area contributed by atoms with Gasteiger partial charge in [-0.3, -0.25) is 4.79 Å². The quantitative estimate of drug-likeness (QED) is 0.851. The SMILES string of the molecule is Cc1ccc(NC(=O)CCCl)cc1-n1cnnn1. The Balaban J connectivity index is 2.24. The number of aryl methyl sites for hydroxylation is 1. The standard InChI is InChI=1S/C11H12ClN5O/c1-8-2-3-9(14-11(18)4-5-12)6-10(8)17-7-13-15-16-17/h2-3,6-7H,4-5H2,1H3,(H,14,18). The fourth-order valence-corrected chi connectivity index (χ4v) is 1.69. The van der Waals surface area contributed by atoms with Crippen LogP contribution < -0.4 is 5.32 Å². The van der Waals surface area contributed by atoms with Gasteiger partial charge >= 0.3 is 0 Å². The second-order valence-electron chi connectivity index (χ2n) is 3.74. The summed E-state index contributed by atoms with van der Waals surface area (Å²) in [5.74, 6) is 0.189. The normalized spacial score (nSPS) is 10.3. The number of tetrazole rings is 1. The number of alkyl halides is 1. The number of amides is 1. The predicted molar refractivity (Wildman–Crippen MR) is 67.9 cm³/mol. The van der Waals surface area contributed by atoms with E-state index in [0.29, 0.717) is 11.6 Å². The Morgan fingerprint density at radius 1 is 1.50 bits per heavy atom. The highest BCUT2D eigenvalue weighted by molar-refractivity contribution is 6.19. The van der Waals surface area contributed by atoms with E-state index in [1.165, 1.54) is 6.33 Å². The van der Waals surface area contributed by atoms with E-state index in [0.717, 1.165) is 11.3 Å². The smallest absolute Gasteiger partial charge is 0.225 e. The van der Waals surface area contributed by atoms with Crippen molar-refractivity contribution in [1.29, 1.82) is 0 Å². The summed E-state index contributed by atoms with van der Waals surface area (Å²) in [6.45, 7) is 1.95. The Morgan fingerprint density at radius 3 is 3.00 bits per heavy atom. The fourth-order valence-electron chi connectivity index (χ4n) is 1.51. The van der Waals surface area contributed by atoms with Crippen molar-refractivity contribution in [2.45, 2.75) is 13.3 Å². The van der Waals surface area contributed by atoms with Gasteiger partial charge < -0.3 is 5.32 Å². The number of rotatable bonds is 4. The summed E-state index contributed by atoms with van der Waals surface area (Å²) in [7, 11) is 0. The molecule has 0 saturated carbocycles. The molecular weight excluding hydrogens is 254 g/mol. The summed E-state index contributed by atoms with van der Waals surface area (Å²) in [5.41, 5.74) is 2.53. The second-order valence-corrected chi connectivity index (χ2v) is 4.12. The molecule has 0 aliphatic heterocycles. The van der Waals surface area contributed by atoms with Gasteiger partial charge in [-0.2, -0.15) is 0 Å². The van der Waals surface area contributed by atoms with Gasteiger partial charge in [0.25, 0.3) is 0 Å². The summed E-state index contributed by atoms with van der Waals surface area (Å²) in [5, 5.41) is 13.8. The van der Waals surface area contributed by atoms with Gasteiger partial charge in [0.15, 0.2) is 0 Å². The first-order valence-corrected chi connectivity index (χ1v) is 5.94. The summed E-state index contributed by atoms with van der Waals surface area (Å²) in [6.07, 6.45) is 1.79. The van der Waals surface area contributed by atoms with E-state index in [2.05, 4.69) is 20.8 Å². The van der Waals surface area contributed by atoms with Crippen molar-refractivity contribution < 1.29 is 4.79 Å². The molecule has 1 aromatic carbocycles. The van der Waals surface area contributed by atoms with Crippen LogP contribution in [-0.4, -0.2) is 32.0 Å². The number of hydrogen-bond donors (Lipinski definition) is 1. The molecule has 18 heavy (non-hydrogen) atoms. The minimum Gasteiger partial charge on any atom is -0.326 e. The van der Waals surface area contributed by atoms with Crippen LogP contribution in [0.15, 0.2) is 24.5 Å². The molecule has 0 radical (unpaired) electrons. The third kappa shape index (κ3) is 2.84. The molecule has 0 bridgehead atoms. The number of carbonyl (C=O) groups excluding carboxylic acids is 1. The van der Waals surface area contributed by atoms with Crippen LogP contribution >= 0.6 is 11.6 Å². The van der Waals surface area contributed by atoms with Crippen molar-refractivity contribution >= 4 is 23.2 Å². The molecule has 0 atom stereocenters. The molecule has 1 heterocycles. The minimum absolute atomic E-state index is 0.114. The number of carbonyl (C=O) groups is 1. The number of hydrogen-bond acceptors (Lipinski definition) is 4. The molecule has 7 heteroatoms. The third-order valence-corrected chi connectivity index (χ3v) is 2.60.